The van der Waals surface area contributed by atoms with Gasteiger partial charge in [-0.25, -0.2) is 4.98 Å². The van der Waals surface area contributed by atoms with Gasteiger partial charge in [0.25, 0.3) is 0 Å². The second kappa shape index (κ2) is 6.94. The van der Waals surface area contributed by atoms with Crippen LogP contribution in [0.1, 0.15) is 33.7 Å². The van der Waals surface area contributed by atoms with Crippen LogP contribution >= 0.6 is 22.7 Å². The van der Waals surface area contributed by atoms with E-state index >= 15 is 0 Å². The summed E-state index contributed by atoms with van der Waals surface area (Å²) in [5, 5.41) is 4.22. The molecule has 4 heterocycles. The van der Waals surface area contributed by atoms with Crippen LogP contribution < -0.4 is 0 Å². The summed E-state index contributed by atoms with van der Waals surface area (Å²) in [4.78, 5) is 22.2. The predicted molar refractivity (Wildman–Crippen MR) is 108 cm³/mol. The summed E-state index contributed by atoms with van der Waals surface area (Å²) in [6.45, 7) is 0.766. The van der Waals surface area contributed by atoms with Crippen LogP contribution in [-0.4, -0.2) is 22.3 Å². The molecule has 5 rings (SSSR count). The fraction of sp³-hybridized carbons (Fsp3) is 0.238. The summed E-state index contributed by atoms with van der Waals surface area (Å²) in [5.74, 6) is 0.790. The minimum absolute atomic E-state index is 0.0381. The number of benzene rings is 1. The van der Waals surface area contributed by atoms with Gasteiger partial charge in [-0.3, -0.25) is 4.79 Å². The number of aromatic nitrogens is 1. The fourth-order valence-corrected chi connectivity index (χ4v) is 5.48. The molecule has 1 amide bonds. The van der Waals surface area contributed by atoms with Crippen molar-refractivity contribution in [2.45, 2.75) is 25.3 Å². The van der Waals surface area contributed by atoms with E-state index in [1.54, 1.807) is 22.7 Å². The van der Waals surface area contributed by atoms with Crippen molar-refractivity contribution in [3.05, 3.63) is 74.4 Å². The van der Waals surface area contributed by atoms with E-state index in [0.29, 0.717) is 18.7 Å². The van der Waals surface area contributed by atoms with Crippen molar-refractivity contribution in [3.8, 4) is 0 Å². The maximum Gasteiger partial charge on any atom is 0.223 e. The van der Waals surface area contributed by atoms with E-state index in [1.807, 2.05) is 29.2 Å². The van der Waals surface area contributed by atoms with Gasteiger partial charge in [-0.1, -0.05) is 18.2 Å². The number of fused-ring (bicyclic) bond motifs is 2. The molecule has 1 aliphatic rings. The lowest BCUT2D eigenvalue weighted by atomic mass is 9.98. The Morgan fingerprint density at radius 1 is 1.15 bits per heavy atom. The van der Waals surface area contributed by atoms with Gasteiger partial charge in [-0.05, 0) is 47.0 Å². The SMILES string of the molecule is O=C(CCc1nc2ccccc2o1)N1CCc2sccc2[C@H]1c1cccs1. The standard InChI is InChI=1S/C21H18N2O2S2/c24-20(8-7-19-22-15-4-1-2-5-16(15)25-19)23-11-9-17-14(10-13-27-17)21(23)18-6-3-12-26-18/h1-6,10,12-13,21H,7-9,11H2/t21-/m0/s1. The third-order valence-electron chi connectivity index (χ3n) is 4.99. The summed E-state index contributed by atoms with van der Waals surface area (Å²) in [5.41, 5.74) is 2.90. The molecular weight excluding hydrogens is 376 g/mol. The quantitative estimate of drug-likeness (QED) is 0.486. The summed E-state index contributed by atoms with van der Waals surface area (Å²) >= 11 is 3.51. The van der Waals surface area contributed by atoms with Crippen LogP contribution in [0.3, 0.4) is 0 Å². The third kappa shape index (κ3) is 3.09. The molecule has 0 spiro atoms. The van der Waals surface area contributed by atoms with Gasteiger partial charge in [0, 0.05) is 29.1 Å². The van der Waals surface area contributed by atoms with Gasteiger partial charge in [-0.2, -0.15) is 0 Å². The Balaban J connectivity index is 1.37. The zero-order chi connectivity index (χ0) is 18.2. The predicted octanol–water partition coefficient (Wildman–Crippen LogP) is 5.06. The van der Waals surface area contributed by atoms with Crippen LogP contribution in [0.25, 0.3) is 11.1 Å². The average Bonchev–Trinajstić information content (AvgIpc) is 3.45. The minimum Gasteiger partial charge on any atom is -0.441 e. The van der Waals surface area contributed by atoms with Crippen molar-refractivity contribution >= 4 is 39.7 Å². The van der Waals surface area contributed by atoms with Gasteiger partial charge in [0.2, 0.25) is 5.91 Å². The Morgan fingerprint density at radius 3 is 2.93 bits per heavy atom. The monoisotopic (exact) mass is 394 g/mol. The first kappa shape index (κ1) is 16.7. The number of carbonyl (C=O) groups is 1. The molecule has 27 heavy (non-hydrogen) atoms. The average molecular weight is 395 g/mol. The minimum atomic E-state index is 0.0381. The molecule has 6 heteroatoms. The van der Waals surface area contributed by atoms with Gasteiger partial charge < -0.3 is 9.32 Å². The lowest BCUT2D eigenvalue weighted by Gasteiger charge is -2.35. The molecule has 4 aromatic rings. The zero-order valence-corrected chi connectivity index (χ0v) is 16.3. The lowest BCUT2D eigenvalue weighted by molar-refractivity contribution is -0.133. The summed E-state index contributed by atoms with van der Waals surface area (Å²) in [7, 11) is 0. The van der Waals surface area contributed by atoms with Crippen molar-refractivity contribution in [3.63, 3.8) is 0 Å². The van der Waals surface area contributed by atoms with Crippen molar-refractivity contribution in [2.75, 3.05) is 6.54 Å². The second-order valence-electron chi connectivity index (χ2n) is 6.63. The van der Waals surface area contributed by atoms with Crippen LogP contribution in [0, 0.1) is 0 Å². The molecule has 1 atom stereocenters. The molecule has 136 valence electrons. The molecule has 0 saturated carbocycles. The molecule has 3 aromatic heterocycles. The molecule has 1 aromatic carbocycles. The van der Waals surface area contributed by atoms with E-state index in [2.05, 4.69) is 33.9 Å². The molecule has 0 saturated heterocycles. The smallest absolute Gasteiger partial charge is 0.223 e. The van der Waals surface area contributed by atoms with Crippen molar-refractivity contribution < 1.29 is 9.21 Å². The molecule has 4 nitrogen and oxygen atoms in total. The van der Waals surface area contributed by atoms with E-state index in [4.69, 9.17) is 4.42 Å². The van der Waals surface area contributed by atoms with Crippen molar-refractivity contribution in [1.29, 1.82) is 0 Å². The van der Waals surface area contributed by atoms with Gasteiger partial charge >= 0.3 is 0 Å². The third-order valence-corrected chi connectivity index (χ3v) is 6.91. The molecule has 0 bridgehead atoms. The number of hydrogen-bond acceptors (Lipinski definition) is 5. The Hall–Kier alpha value is -2.44. The highest BCUT2D eigenvalue weighted by Crippen LogP contribution is 2.39. The molecule has 0 aliphatic carbocycles. The molecule has 1 aliphatic heterocycles. The molecule has 0 N–H and O–H groups in total. The number of aryl methyl sites for hydroxylation is 1. The topological polar surface area (TPSA) is 46.3 Å². The first-order valence-corrected chi connectivity index (χ1v) is 10.8. The normalized spacial score (nSPS) is 16.6. The number of thiophene rings is 2. The summed E-state index contributed by atoms with van der Waals surface area (Å²) in [6.07, 6.45) is 1.87. The highest BCUT2D eigenvalue weighted by molar-refractivity contribution is 7.10. The van der Waals surface area contributed by atoms with Crippen LogP contribution in [0.4, 0.5) is 0 Å². The van der Waals surface area contributed by atoms with Crippen LogP contribution in [0.5, 0.6) is 0 Å². The van der Waals surface area contributed by atoms with Crippen molar-refractivity contribution in [1.82, 2.24) is 9.88 Å². The number of carbonyl (C=O) groups excluding carboxylic acids is 1. The van der Waals surface area contributed by atoms with E-state index in [9.17, 15) is 4.79 Å². The Labute approximate surface area is 165 Å². The Morgan fingerprint density at radius 2 is 2.07 bits per heavy atom. The molecule has 0 unspecified atom stereocenters. The first-order valence-electron chi connectivity index (χ1n) is 9.03. The van der Waals surface area contributed by atoms with Crippen LogP contribution in [-0.2, 0) is 17.6 Å². The van der Waals surface area contributed by atoms with Crippen LogP contribution in [0.2, 0.25) is 0 Å². The number of nitrogens with zero attached hydrogens (tertiary/aromatic N) is 2. The molecule has 0 radical (unpaired) electrons. The highest BCUT2D eigenvalue weighted by atomic mass is 32.1. The highest BCUT2D eigenvalue weighted by Gasteiger charge is 2.33. The Kier molecular flexibility index (Phi) is 4.30. The number of amides is 1. The maximum atomic E-state index is 13.1. The number of para-hydroxylation sites is 2. The van der Waals surface area contributed by atoms with E-state index in [0.717, 1.165) is 24.1 Å². The molecular formula is C21H18N2O2S2. The lowest BCUT2D eigenvalue weighted by Crippen LogP contribution is -2.39. The second-order valence-corrected chi connectivity index (χ2v) is 8.61. The zero-order valence-electron chi connectivity index (χ0n) is 14.6. The first-order chi connectivity index (χ1) is 13.3. The maximum absolute atomic E-state index is 13.1. The van der Waals surface area contributed by atoms with Gasteiger partial charge in [-0.15, -0.1) is 22.7 Å². The van der Waals surface area contributed by atoms with E-state index in [1.165, 1.54) is 15.3 Å². The van der Waals surface area contributed by atoms with Crippen LogP contribution in [0.15, 0.2) is 57.6 Å². The Bertz CT molecular complexity index is 1050. The number of rotatable bonds is 4. The molecule has 0 fully saturated rings. The fourth-order valence-electron chi connectivity index (χ4n) is 3.72. The van der Waals surface area contributed by atoms with E-state index in [-0.39, 0.29) is 11.9 Å². The summed E-state index contributed by atoms with van der Waals surface area (Å²) in [6, 6.07) is 14.1. The van der Waals surface area contributed by atoms with E-state index < -0.39 is 0 Å². The number of hydrogen-bond donors (Lipinski definition) is 0. The largest absolute Gasteiger partial charge is 0.441 e. The van der Waals surface area contributed by atoms with Gasteiger partial charge in [0.15, 0.2) is 11.5 Å². The van der Waals surface area contributed by atoms with Gasteiger partial charge in [0.1, 0.15) is 5.52 Å². The van der Waals surface area contributed by atoms with Crippen molar-refractivity contribution in [2.24, 2.45) is 0 Å². The number of oxazole rings is 1. The summed E-state index contributed by atoms with van der Waals surface area (Å²) < 4.78 is 5.77. The van der Waals surface area contributed by atoms with Gasteiger partial charge in [0.05, 0.1) is 6.04 Å².